The van der Waals surface area contributed by atoms with Crippen LogP contribution in [0.2, 0.25) is 11.6 Å². The molecule has 91 valence electrons. The van der Waals surface area contributed by atoms with Crippen molar-refractivity contribution in [3.05, 3.63) is 0 Å². The molecule has 0 bridgehead atoms. The van der Waals surface area contributed by atoms with E-state index >= 15 is 0 Å². The maximum Gasteiger partial charge on any atom is 0.117 e. The van der Waals surface area contributed by atoms with Gasteiger partial charge in [0.15, 0.2) is 0 Å². The van der Waals surface area contributed by atoms with Crippen LogP contribution in [-0.2, 0) is 0 Å². The van der Waals surface area contributed by atoms with E-state index in [1.807, 2.05) is 0 Å². The van der Waals surface area contributed by atoms with Crippen LogP contribution in [-0.4, -0.2) is 7.28 Å². The summed E-state index contributed by atoms with van der Waals surface area (Å²) in [5.74, 6) is 1.95. The van der Waals surface area contributed by atoms with Gasteiger partial charge in [-0.25, -0.2) is 0 Å². The number of rotatable bonds is 2. The lowest BCUT2D eigenvalue weighted by molar-refractivity contribution is 0.496. The lowest BCUT2D eigenvalue weighted by Crippen LogP contribution is -2.12. The van der Waals surface area contributed by atoms with Gasteiger partial charge in [0.05, 0.1) is 0 Å². The van der Waals surface area contributed by atoms with Crippen LogP contribution in [0.5, 0.6) is 0 Å². The van der Waals surface area contributed by atoms with Gasteiger partial charge in [0, 0.05) is 0 Å². The minimum absolute atomic E-state index is 0.975. The number of hydrogen-bond acceptors (Lipinski definition) is 0. The van der Waals surface area contributed by atoms with Crippen molar-refractivity contribution in [2.75, 3.05) is 0 Å². The van der Waals surface area contributed by atoms with E-state index in [-0.39, 0.29) is 0 Å². The molecule has 0 unspecified atom stereocenters. The van der Waals surface area contributed by atoms with Crippen molar-refractivity contribution in [2.24, 2.45) is 0 Å². The quantitative estimate of drug-likeness (QED) is 0.432. The Bertz CT molecular complexity index is 162. The highest BCUT2D eigenvalue weighted by atomic mass is 14.1. The first kappa shape index (κ1) is 12.5. The van der Waals surface area contributed by atoms with Gasteiger partial charge in [-0.2, -0.15) is 0 Å². The highest BCUT2D eigenvalue weighted by Crippen LogP contribution is 2.34. The van der Waals surface area contributed by atoms with Crippen molar-refractivity contribution in [3.63, 3.8) is 0 Å². The summed E-state index contributed by atoms with van der Waals surface area (Å²) < 4.78 is 0. The summed E-state index contributed by atoms with van der Waals surface area (Å²) in [5, 5.41) is 0. The third-order valence-corrected chi connectivity index (χ3v) is 4.59. The fraction of sp³-hybridized carbons (Fsp3) is 1.00. The van der Waals surface area contributed by atoms with Crippen molar-refractivity contribution in [3.8, 4) is 0 Å². The summed E-state index contributed by atoms with van der Waals surface area (Å²) in [6.45, 7) is 0. The van der Waals surface area contributed by atoms with Crippen LogP contribution in [0.1, 0.15) is 83.5 Å². The van der Waals surface area contributed by atoms with Gasteiger partial charge in [-0.05, 0) is 0 Å². The second-order valence-corrected chi connectivity index (χ2v) is 6.05. The normalized spacial score (nSPS) is 26.8. The highest BCUT2D eigenvalue weighted by molar-refractivity contribution is 6.39. The van der Waals surface area contributed by atoms with Gasteiger partial charge in [0.2, 0.25) is 0 Å². The minimum atomic E-state index is 0.975. The van der Waals surface area contributed by atoms with Crippen LogP contribution in [0.3, 0.4) is 0 Å². The van der Waals surface area contributed by atoms with E-state index in [1.54, 1.807) is 0 Å². The van der Waals surface area contributed by atoms with Gasteiger partial charge < -0.3 is 0 Å². The molecule has 0 N–H and O–H groups in total. The molecule has 1 heteroatoms. The molecule has 2 aliphatic carbocycles. The van der Waals surface area contributed by atoms with Crippen LogP contribution >= 0.6 is 0 Å². The summed E-state index contributed by atoms with van der Waals surface area (Å²) in [7, 11) is 2.77. The fourth-order valence-electron chi connectivity index (χ4n) is 3.57. The van der Waals surface area contributed by atoms with Crippen molar-refractivity contribution < 1.29 is 0 Å². The lowest BCUT2D eigenvalue weighted by Gasteiger charge is -2.23. The number of hydrogen-bond donors (Lipinski definition) is 0. The van der Waals surface area contributed by atoms with Gasteiger partial charge in [-0.15, -0.1) is 0 Å². The Morgan fingerprint density at radius 3 is 1.12 bits per heavy atom. The van der Waals surface area contributed by atoms with E-state index in [0.29, 0.717) is 0 Å². The molecule has 0 saturated heterocycles. The monoisotopic (exact) mass is 219 g/mol. The maximum atomic E-state index is 2.77. The molecule has 0 nitrogen and oxygen atoms in total. The largest absolute Gasteiger partial charge is 0.117 e. The van der Waals surface area contributed by atoms with Crippen molar-refractivity contribution in [2.45, 2.75) is 95.1 Å². The molecule has 2 saturated carbocycles. The van der Waals surface area contributed by atoms with Gasteiger partial charge in [0.25, 0.3) is 0 Å². The lowest BCUT2D eigenvalue weighted by atomic mass is 9.50. The Balaban J connectivity index is 1.72. The average molecular weight is 219 g/mol. The van der Waals surface area contributed by atoms with Crippen LogP contribution in [0.25, 0.3) is 0 Å². The van der Waals surface area contributed by atoms with Gasteiger partial charge in [-0.3, -0.25) is 0 Å². The predicted molar refractivity (Wildman–Crippen MR) is 73.3 cm³/mol. The van der Waals surface area contributed by atoms with E-state index in [9.17, 15) is 0 Å². The van der Waals surface area contributed by atoms with Gasteiger partial charge in [0.1, 0.15) is 7.28 Å². The van der Waals surface area contributed by atoms with Gasteiger partial charge in [-0.1, -0.05) is 95.1 Å². The maximum absolute atomic E-state index is 2.77. The van der Waals surface area contributed by atoms with E-state index in [0.717, 1.165) is 11.6 Å². The Kier molecular flexibility index (Phi) is 5.79. The highest BCUT2D eigenvalue weighted by Gasteiger charge is 2.19. The molecule has 2 fully saturated rings. The van der Waals surface area contributed by atoms with E-state index < -0.39 is 0 Å². The zero-order chi connectivity index (χ0) is 11.1. The zero-order valence-electron chi connectivity index (χ0n) is 10.9. The van der Waals surface area contributed by atoms with Gasteiger partial charge >= 0.3 is 0 Å². The Morgan fingerprint density at radius 2 is 0.750 bits per heavy atom. The van der Waals surface area contributed by atoms with E-state index in [1.165, 1.54) is 83.5 Å². The average Bonchev–Trinajstić information content (AvgIpc) is 2.50. The molecule has 1 radical (unpaired) electrons. The third-order valence-electron chi connectivity index (χ3n) is 4.59. The van der Waals surface area contributed by atoms with Crippen LogP contribution in [0.4, 0.5) is 0 Å². The molecule has 2 aliphatic rings. The smallest absolute Gasteiger partial charge is 0.0686 e. The van der Waals surface area contributed by atoms with Crippen molar-refractivity contribution >= 4 is 7.28 Å². The third kappa shape index (κ3) is 4.51. The van der Waals surface area contributed by atoms with E-state index in [4.69, 9.17) is 0 Å². The minimum Gasteiger partial charge on any atom is -0.0686 e. The molecule has 0 atom stereocenters. The molecule has 0 aromatic rings. The second kappa shape index (κ2) is 7.40. The van der Waals surface area contributed by atoms with E-state index in [2.05, 4.69) is 7.28 Å². The Morgan fingerprint density at radius 1 is 0.438 bits per heavy atom. The van der Waals surface area contributed by atoms with Crippen LogP contribution in [0.15, 0.2) is 0 Å². The molecule has 16 heavy (non-hydrogen) atoms. The van der Waals surface area contributed by atoms with Crippen molar-refractivity contribution in [1.82, 2.24) is 0 Å². The SMILES string of the molecule is [B](C1CCCCCCC1)C1CCCCCC1. The predicted octanol–water partition coefficient (Wildman–Crippen LogP) is 5.37. The molecular formula is C15H28B. The van der Waals surface area contributed by atoms with Crippen LogP contribution in [0, 0.1) is 0 Å². The fourth-order valence-corrected chi connectivity index (χ4v) is 3.57. The first-order valence-corrected chi connectivity index (χ1v) is 7.80. The first-order valence-electron chi connectivity index (χ1n) is 7.80. The molecule has 0 aromatic heterocycles. The zero-order valence-corrected chi connectivity index (χ0v) is 10.9. The summed E-state index contributed by atoms with van der Waals surface area (Å²) >= 11 is 0. The topological polar surface area (TPSA) is 0 Å². The first-order chi connectivity index (χ1) is 7.95. The summed E-state index contributed by atoms with van der Waals surface area (Å²) in [6, 6.07) is 0. The molecule has 0 aromatic carbocycles. The molecule has 0 aliphatic heterocycles. The Labute approximate surface area is 103 Å². The van der Waals surface area contributed by atoms with Crippen LogP contribution < -0.4 is 0 Å². The summed E-state index contributed by atoms with van der Waals surface area (Å²) in [5.41, 5.74) is 0. The Hall–Kier alpha value is 0.0649. The summed E-state index contributed by atoms with van der Waals surface area (Å²) in [6.07, 6.45) is 19.4. The molecule has 0 amide bonds. The standard InChI is InChI=1S/C15H28B/c1-2-6-10-14(11-7-3-1)16-15-12-8-4-5-9-13-15/h14-15H,1-13H2. The van der Waals surface area contributed by atoms with Crippen molar-refractivity contribution in [1.29, 1.82) is 0 Å². The molecular weight excluding hydrogens is 191 g/mol. The second-order valence-electron chi connectivity index (χ2n) is 6.05. The molecule has 0 heterocycles. The summed E-state index contributed by atoms with van der Waals surface area (Å²) in [4.78, 5) is 0. The molecule has 0 spiro atoms. The molecule has 2 rings (SSSR count).